The normalized spacial score (nSPS) is 11.4. The number of hydrogen-bond donors (Lipinski definition) is 1. The van der Waals surface area contributed by atoms with E-state index in [2.05, 4.69) is 5.32 Å². The average Bonchev–Trinajstić information content (AvgIpc) is 3.02. The lowest BCUT2D eigenvalue weighted by Gasteiger charge is -2.13. The number of furan rings is 1. The number of carbonyl (C=O) groups is 2. The summed E-state index contributed by atoms with van der Waals surface area (Å²) in [6, 6.07) is 9.57. The predicted molar refractivity (Wildman–Crippen MR) is 102 cm³/mol. The van der Waals surface area contributed by atoms with E-state index >= 15 is 0 Å². The Hall–Kier alpha value is -3.49. The van der Waals surface area contributed by atoms with E-state index in [1.54, 1.807) is 25.1 Å². The zero-order valence-corrected chi connectivity index (χ0v) is 16.1. The largest absolute Gasteiger partial charge is 0.494 e. The van der Waals surface area contributed by atoms with Gasteiger partial charge in [-0.1, -0.05) is 12.1 Å². The lowest BCUT2D eigenvalue weighted by atomic mass is 10.1. The third-order valence-electron chi connectivity index (χ3n) is 4.24. The van der Waals surface area contributed by atoms with E-state index in [1.807, 2.05) is 6.92 Å². The number of carbonyl (C=O) groups excluding carboxylic acids is 2. The van der Waals surface area contributed by atoms with Crippen LogP contribution in [0.3, 0.4) is 0 Å². The van der Waals surface area contributed by atoms with E-state index in [4.69, 9.17) is 13.9 Å². The van der Waals surface area contributed by atoms with Crippen molar-refractivity contribution in [1.82, 2.24) is 0 Å². The summed E-state index contributed by atoms with van der Waals surface area (Å²) in [6.07, 6.45) is -4.63. The van der Waals surface area contributed by atoms with Crippen LogP contribution in [0.5, 0.6) is 5.75 Å². The zero-order chi connectivity index (χ0) is 21.9. The maximum absolute atomic E-state index is 13.0. The average molecular weight is 421 g/mol. The first-order chi connectivity index (χ1) is 14.2. The van der Waals surface area contributed by atoms with Gasteiger partial charge < -0.3 is 19.2 Å². The van der Waals surface area contributed by atoms with Crippen LogP contribution in [0.2, 0.25) is 0 Å². The third kappa shape index (κ3) is 4.56. The minimum Gasteiger partial charge on any atom is -0.494 e. The van der Waals surface area contributed by atoms with Crippen LogP contribution in [-0.4, -0.2) is 25.1 Å². The summed E-state index contributed by atoms with van der Waals surface area (Å²) in [5, 5.41) is 2.75. The molecule has 0 aliphatic rings. The van der Waals surface area contributed by atoms with Crippen molar-refractivity contribution in [3.63, 3.8) is 0 Å². The molecule has 0 fully saturated rings. The number of aryl methyl sites for hydroxylation is 1. The van der Waals surface area contributed by atoms with Crippen molar-refractivity contribution in [1.29, 1.82) is 0 Å². The highest BCUT2D eigenvalue weighted by Crippen LogP contribution is 2.34. The summed E-state index contributed by atoms with van der Waals surface area (Å²) >= 11 is 0. The van der Waals surface area contributed by atoms with Gasteiger partial charge in [-0.2, -0.15) is 13.2 Å². The molecule has 3 aromatic rings. The fourth-order valence-electron chi connectivity index (χ4n) is 2.87. The Bertz CT molecular complexity index is 1090. The van der Waals surface area contributed by atoms with Crippen molar-refractivity contribution in [2.24, 2.45) is 0 Å². The Morgan fingerprint density at radius 2 is 1.87 bits per heavy atom. The molecule has 6 nitrogen and oxygen atoms in total. The van der Waals surface area contributed by atoms with Gasteiger partial charge in [0.05, 0.1) is 17.9 Å². The van der Waals surface area contributed by atoms with E-state index in [-0.39, 0.29) is 5.76 Å². The molecule has 158 valence electrons. The van der Waals surface area contributed by atoms with Crippen molar-refractivity contribution in [2.45, 2.75) is 20.0 Å². The molecule has 0 bridgehead atoms. The van der Waals surface area contributed by atoms with Crippen LogP contribution in [-0.2, 0) is 15.7 Å². The standard InChI is InChI=1S/C21H18F3NO5/c1-3-28-13-8-9-17-14(10-13)12(2)19(30-17)20(27)29-11-18(26)25-16-7-5-4-6-15(16)21(22,23)24/h4-10H,3,11H2,1-2H3,(H,25,26). The molecule has 9 heteroatoms. The Balaban J connectivity index is 1.69. The molecule has 1 aromatic heterocycles. The molecular formula is C21H18F3NO5. The summed E-state index contributed by atoms with van der Waals surface area (Å²) in [7, 11) is 0. The highest BCUT2D eigenvalue weighted by atomic mass is 19.4. The number of alkyl halides is 3. The summed E-state index contributed by atoms with van der Waals surface area (Å²) in [5.74, 6) is -1.30. The molecule has 0 unspecified atom stereocenters. The number of fused-ring (bicyclic) bond motifs is 1. The van der Waals surface area contributed by atoms with Crippen molar-refractivity contribution in [2.75, 3.05) is 18.5 Å². The summed E-state index contributed by atoms with van der Waals surface area (Å²) in [5.41, 5.74) is -0.483. The van der Waals surface area contributed by atoms with E-state index in [0.717, 1.165) is 12.1 Å². The van der Waals surface area contributed by atoms with Crippen LogP contribution in [0.25, 0.3) is 11.0 Å². The number of hydrogen-bond acceptors (Lipinski definition) is 5. The molecule has 30 heavy (non-hydrogen) atoms. The summed E-state index contributed by atoms with van der Waals surface area (Å²) in [4.78, 5) is 24.3. The molecule has 0 spiro atoms. The fourth-order valence-corrected chi connectivity index (χ4v) is 2.87. The molecule has 1 N–H and O–H groups in total. The van der Waals surface area contributed by atoms with Gasteiger partial charge in [0, 0.05) is 10.9 Å². The van der Waals surface area contributed by atoms with Crippen molar-refractivity contribution >= 4 is 28.5 Å². The van der Waals surface area contributed by atoms with E-state index in [1.165, 1.54) is 12.1 Å². The van der Waals surface area contributed by atoms with Crippen LogP contribution in [0.1, 0.15) is 28.6 Å². The smallest absolute Gasteiger partial charge is 0.418 e. The maximum atomic E-state index is 13.0. The third-order valence-corrected chi connectivity index (χ3v) is 4.24. The lowest BCUT2D eigenvalue weighted by Crippen LogP contribution is -2.22. The number of benzene rings is 2. The maximum Gasteiger partial charge on any atom is 0.418 e. The first-order valence-electron chi connectivity index (χ1n) is 9.00. The number of esters is 1. The van der Waals surface area contributed by atoms with Gasteiger partial charge in [0.2, 0.25) is 5.76 Å². The van der Waals surface area contributed by atoms with Gasteiger partial charge in [0.1, 0.15) is 11.3 Å². The van der Waals surface area contributed by atoms with Crippen LogP contribution in [0.4, 0.5) is 18.9 Å². The highest BCUT2D eigenvalue weighted by molar-refractivity contribution is 5.98. The van der Waals surface area contributed by atoms with Gasteiger partial charge in [-0.25, -0.2) is 4.79 Å². The second-order valence-corrected chi connectivity index (χ2v) is 6.31. The van der Waals surface area contributed by atoms with Gasteiger partial charge >= 0.3 is 12.1 Å². The molecule has 2 aromatic carbocycles. The highest BCUT2D eigenvalue weighted by Gasteiger charge is 2.33. The van der Waals surface area contributed by atoms with Crippen LogP contribution >= 0.6 is 0 Å². The number of rotatable bonds is 6. The summed E-state index contributed by atoms with van der Waals surface area (Å²) in [6.45, 7) is 3.20. The Labute approximate surface area is 169 Å². The Morgan fingerprint density at radius 1 is 1.13 bits per heavy atom. The minimum absolute atomic E-state index is 0.0952. The first-order valence-corrected chi connectivity index (χ1v) is 9.00. The molecule has 3 rings (SSSR count). The predicted octanol–water partition coefficient (Wildman–Crippen LogP) is 4.95. The molecule has 0 radical (unpaired) electrons. The molecule has 0 atom stereocenters. The van der Waals surface area contributed by atoms with Gasteiger partial charge in [0.15, 0.2) is 6.61 Å². The molecule has 1 heterocycles. The number of anilines is 1. The van der Waals surface area contributed by atoms with Gasteiger partial charge in [-0.05, 0) is 44.2 Å². The second-order valence-electron chi connectivity index (χ2n) is 6.31. The molecule has 0 aliphatic carbocycles. The fraction of sp³-hybridized carbons (Fsp3) is 0.238. The SMILES string of the molecule is CCOc1ccc2oc(C(=O)OCC(=O)Nc3ccccc3C(F)(F)F)c(C)c2c1. The quantitative estimate of drug-likeness (QED) is 0.570. The van der Waals surface area contributed by atoms with Crippen molar-refractivity contribution < 1.29 is 36.7 Å². The van der Waals surface area contributed by atoms with Crippen LogP contribution < -0.4 is 10.1 Å². The van der Waals surface area contributed by atoms with Crippen molar-refractivity contribution in [3.05, 3.63) is 59.4 Å². The Morgan fingerprint density at radius 3 is 2.57 bits per heavy atom. The minimum atomic E-state index is -4.63. The van der Waals surface area contributed by atoms with Crippen molar-refractivity contribution in [3.8, 4) is 5.75 Å². The van der Waals surface area contributed by atoms with E-state index in [9.17, 15) is 22.8 Å². The van der Waals surface area contributed by atoms with Gasteiger partial charge in [-0.3, -0.25) is 4.79 Å². The number of nitrogens with one attached hydrogen (secondary N) is 1. The summed E-state index contributed by atoms with van der Waals surface area (Å²) < 4.78 is 54.8. The van der Waals surface area contributed by atoms with Crippen LogP contribution in [0, 0.1) is 6.92 Å². The number of para-hydroxylation sites is 1. The molecule has 1 amide bonds. The van der Waals surface area contributed by atoms with Gasteiger partial charge in [0.25, 0.3) is 5.91 Å². The molecule has 0 aliphatic heterocycles. The van der Waals surface area contributed by atoms with E-state index < -0.39 is 35.9 Å². The van der Waals surface area contributed by atoms with E-state index in [0.29, 0.717) is 28.9 Å². The molecular weight excluding hydrogens is 403 g/mol. The monoisotopic (exact) mass is 421 g/mol. The number of ether oxygens (including phenoxy) is 2. The Kier molecular flexibility index (Phi) is 6.00. The number of halogens is 3. The van der Waals surface area contributed by atoms with Gasteiger partial charge in [-0.15, -0.1) is 0 Å². The molecule has 0 saturated heterocycles. The first kappa shape index (κ1) is 21.2. The topological polar surface area (TPSA) is 77.8 Å². The molecule has 0 saturated carbocycles. The van der Waals surface area contributed by atoms with Crippen LogP contribution in [0.15, 0.2) is 46.9 Å². The zero-order valence-electron chi connectivity index (χ0n) is 16.1. The number of amides is 1. The second kappa shape index (κ2) is 8.48. The lowest BCUT2D eigenvalue weighted by molar-refractivity contribution is -0.137.